The van der Waals surface area contributed by atoms with Gasteiger partial charge < -0.3 is 14.6 Å². The third kappa shape index (κ3) is 3.81. The van der Waals surface area contributed by atoms with Gasteiger partial charge in [-0.3, -0.25) is 0 Å². The summed E-state index contributed by atoms with van der Waals surface area (Å²) < 4.78 is 10.8. The van der Waals surface area contributed by atoms with Crippen LogP contribution < -0.4 is 4.74 Å². The minimum absolute atomic E-state index is 0.296. The van der Waals surface area contributed by atoms with Gasteiger partial charge in [-0.2, -0.15) is 0 Å². The molecule has 0 heterocycles. The van der Waals surface area contributed by atoms with Gasteiger partial charge >= 0.3 is 5.97 Å². The number of hydrogen-bond acceptors (Lipinski definition) is 4. The summed E-state index contributed by atoms with van der Waals surface area (Å²) in [5.74, 6) is 0.292. The molecule has 3 aromatic carbocycles. The summed E-state index contributed by atoms with van der Waals surface area (Å²) in [6.45, 7) is 8.45. The standard InChI is InChI=1S/C23H24O4/c1-14(2)22(24)27-21(23(3,4)25)17-8-10-19-15(12-17)6-7-16-13-18(26-5)9-11-20(16)19/h6-13,21,25H,1H2,2-5H3. The van der Waals surface area contributed by atoms with Crippen LogP contribution in [0.3, 0.4) is 0 Å². The lowest BCUT2D eigenvalue weighted by Gasteiger charge is -2.29. The predicted octanol–water partition coefficient (Wildman–Crippen LogP) is 4.93. The molecule has 0 aromatic heterocycles. The highest BCUT2D eigenvalue weighted by Crippen LogP contribution is 2.34. The van der Waals surface area contributed by atoms with Crippen molar-refractivity contribution in [2.45, 2.75) is 32.5 Å². The van der Waals surface area contributed by atoms with Gasteiger partial charge in [-0.25, -0.2) is 4.79 Å². The first kappa shape index (κ1) is 18.9. The molecule has 0 bridgehead atoms. The van der Waals surface area contributed by atoms with Crippen LogP contribution in [0.15, 0.2) is 60.7 Å². The van der Waals surface area contributed by atoms with Gasteiger partial charge in [-0.1, -0.05) is 36.9 Å². The van der Waals surface area contributed by atoms with Crippen LogP contribution in [-0.4, -0.2) is 23.8 Å². The summed E-state index contributed by atoms with van der Waals surface area (Å²) in [4.78, 5) is 12.0. The zero-order valence-corrected chi connectivity index (χ0v) is 16.1. The molecule has 4 nitrogen and oxygen atoms in total. The highest BCUT2D eigenvalue weighted by molar-refractivity contribution is 6.08. The number of fused-ring (bicyclic) bond motifs is 3. The summed E-state index contributed by atoms with van der Waals surface area (Å²) in [6.07, 6.45) is -0.794. The van der Waals surface area contributed by atoms with Crippen molar-refractivity contribution >= 4 is 27.5 Å². The summed E-state index contributed by atoms with van der Waals surface area (Å²) in [5.41, 5.74) is -0.203. The molecule has 0 saturated heterocycles. The van der Waals surface area contributed by atoms with Gasteiger partial charge in [0.1, 0.15) is 11.4 Å². The number of aliphatic hydroxyl groups is 1. The van der Waals surface area contributed by atoms with E-state index in [0.29, 0.717) is 5.57 Å². The van der Waals surface area contributed by atoms with Crippen LogP contribution in [0.5, 0.6) is 5.75 Å². The lowest BCUT2D eigenvalue weighted by Crippen LogP contribution is -2.32. The first-order chi connectivity index (χ1) is 12.7. The molecule has 3 aromatic rings. The van der Waals surface area contributed by atoms with Crippen LogP contribution in [0.2, 0.25) is 0 Å². The average Bonchev–Trinajstić information content (AvgIpc) is 2.63. The number of methoxy groups -OCH3 is 1. The number of carbonyl (C=O) groups excluding carboxylic acids is 1. The Kier molecular flexibility index (Phi) is 4.94. The second-order valence-electron chi connectivity index (χ2n) is 7.35. The molecule has 1 N–H and O–H groups in total. The maximum atomic E-state index is 12.0. The van der Waals surface area contributed by atoms with Crippen molar-refractivity contribution in [3.63, 3.8) is 0 Å². The van der Waals surface area contributed by atoms with Gasteiger partial charge in [0.15, 0.2) is 6.10 Å². The molecule has 27 heavy (non-hydrogen) atoms. The maximum absolute atomic E-state index is 12.0. The van der Waals surface area contributed by atoms with E-state index in [4.69, 9.17) is 9.47 Å². The fraction of sp³-hybridized carbons (Fsp3) is 0.261. The van der Waals surface area contributed by atoms with E-state index in [-0.39, 0.29) is 0 Å². The Hall–Kier alpha value is -2.85. The van der Waals surface area contributed by atoms with E-state index in [1.807, 2.05) is 48.5 Å². The molecule has 0 radical (unpaired) electrons. The molecule has 0 amide bonds. The van der Waals surface area contributed by atoms with Crippen LogP contribution >= 0.6 is 0 Å². The van der Waals surface area contributed by atoms with E-state index < -0.39 is 17.7 Å². The Balaban J connectivity index is 2.10. The molecule has 1 atom stereocenters. The lowest BCUT2D eigenvalue weighted by atomic mass is 9.91. The van der Waals surface area contributed by atoms with Gasteiger partial charge in [-0.05, 0) is 66.1 Å². The van der Waals surface area contributed by atoms with E-state index in [0.717, 1.165) is 32.9 Å². The highest BCUT2D eigenvalue weighted by Gasteiger charge is 2.32. The molecular formula is C23H24O4. The molecule has 0 aliphatic rings. The Bertz CT molecular complexity index is 1030. The highest BCUT2D eigenvalue weighted by atomic mass is 16.6. The maximum Gasteiger partial charge on any atom is 0.333 e. The minimum atomic E-state index is -1.23. The Morgan fingerprint density at radius 2 is 1.63 bits per heavy atom. The van der Waals surface area contributed by atoms with E-state index in [1.165, 1.54) is 0 Å². The fourth-order valence-electron chi connectivity index (χ4n) is 3.19. The van der Waals surface area contributed by atoms with Crippen LogP contribution in [0, 0.1) is 0 Å². The molecule has 0 fully saturated rings. The smallest absolute Gasteiger partial charge is 0.333 e. The van der Waals surface area contributed by atoms with Crippen molar-refractivity contribution in [1.29, 1.82) is 0 Å². The second-order valence-corrected chi connectivity index (χ2v) is 7.35. The van der Waals surface area contributed by atoms with Crippen molar-refractivity contribution in [2.24, 2.45) is 0 Å². The van der Waals surface area contributed by atoms with Crippen molar-refractivity contribution in [1.82, 2.24) is 0 Å². The van der Waals surface area contributed by atoms with E-state index in [1.54, 1.807) is 27.9 Å². The SMILES string of the molecule is C=C(C)C(=O)OC(c1ccc2c(ccc3cc(OC)ccc32)c1)C(C)(C)O. The molecule has 0 aliphatic heterocycles. The van der Waals surface area contributed by atoms with E-state index in [2.05, 4.69) is 6.58 Å². The van der Waals surface area contributed by atoms with Crippen molar-refractivity contribution < 1.29 is 19.4 Å². The lowest BCUT2D eigenvalue weighted by molar-refractivity contribution is -0.158. The third-order valence-corrected chi connectivity index (χ3v) is 4.58. The molecule has 3 rings (SSSR count). The number of hydrogen-bond donors (Lipinski definition) is 1. The molecule has 1 unspecified atom stereocenters. The van der Waals surface area contributed by atoms with Gasteiger partial charge in [0.05, 0.1) is 7.11 Å². The largest absolute Gasteiger partial charge is 0.497 e. The summed E-state index contributed by atoms with van der Waals surface area (Å²) in [7, 11) is 1.65. The Labute approximate surface area is 159 Å². The molecule has 140 valence electrons. The van der Waals surface area contributed by atoms with Crippen molar-refractivity contribution in [3.8, 4) is 5.75 Å². The van der Waals surface area contributed by atoms with Gasteiger partial charge in [0.25, 0.3) is 0 Å². The third-order valence-electron chi connectivity index (χ3n) is 4.58. The fourth-order valence-corrected chi connectivity index (χ4v) is 3.19. The molecule has 0 spiro atoms. The van der Waals surface area contributed by atoms with Crippen LogP contribution in [0.4, 0.5) is 0 Å². The summed E-state index contributed by atoms with van der Waals surface area (Å²) in [5, 5.41) is 14.8. The first-order valence-electron chi connectivity index (χ1n) is 8.80. The number of ether oxygens (including phenoxy) is 2. The summed E-state index contributed by atoms with van der Waals surface area (Å²) >= 11 is 0. The zero-order valence-electron chi connectivity index (χ0n) is 16.1. The number of rotatable bonds is 5. The van der Waals surface area contributed by atoms with Crippen molar-refractivity contribution in [2.75, 3.05) is 7.11 Å². The zero-order chi connectivity index (χ0) is 19.8. The number of carbonyl (C=O) groups is 1. The monoisotopic (exact) mass is 364 g/mol. The van der Waals surface area contributed by atoms with E-state index >= 15 is 0 Å². The second kappa shape index (κ2) is 7.05. The Morgan fingerprint density at radius 1 is 1.04 bits per heavy atom. The van der Waals surface area contributed by atoms with Crippen LogP contribution in [0.1, 0.15) is 32.4 Å². The molecular weight excluding hydrogens is 340 g/mol. The first-order valence-corrected chi connectivity index (χ1v) is 8.80. The quantitative estimate of drug-likeness (QED) is 0.396. The normalized spacial score (nSPS) is 12.8. The van der Waals surface area contributed by atoms with Crippen molar-refractivity contribution in [3.05, 3.63) is 66.2 Å². The minimum Gasteiger partial charge on any atom is -0.497 e. The topological polar surface area (TPSA) is 55.8 Å². The van der Waals surface area contributed by atoms with Gasteiger partial charge in [0.2, 0.25) is 0 Å². The van der Waals surface area contributed by atoms with Gasteiger partial charge in [0, 0.05) is 5.57 Å². The molecule has 4 heteroatoms. The summed E-state index contributed by atoms with van der Waals surface area (Å²) in [6, 6.07) is 15.8. The molecule has 0 saturated carbocycles. The number of benzene rings is 3. The average molecular weight is 364 g/mol. The van der Waals surface area contributed by atoms with Gasteiger partial charge in [-0.15, -0.1) is 0 Å². The number of esters is 1. The Morgan fingerprint density at radius 3 is 2.19 bits per heavy atom. The van der Waals surface area contributed by atoms with Crippen LogP contribution in [-0.2, 0) is 9.53 Å². The predicted molar refractivity (Wildman–Crippen MR) is 108 cm³/mol. The molecule has 0 aliphatic carbocycles. The van der Waals surface area contributed by atoms with E-state index in [9.17, 15) is 9.90 Å². The van der Waals surface area contributed by atoms with Crippen LogP contribution in [0.25, 0.3) is 21.5 Å².